The van der Waals surface area contributed by atoms with Crippen LogP contribution in [-0.4, -0.2) is 22.9 Å². The summed E-state index contributed by atoms with van der Waals surface area (Å²) in [6.07, 6.45) is 3.32. The van der Waals surface area contributed by atoms with E-state index >= 15 is 0 Å². The van der Waals surface area contributed by atoms with Gasteiger partial charge in [-0.3, -0.25) is 15.1 Å². The third kappa shape index (κ3) is 6.17. The normalized spacial score (nSPS) is 15.5. The number of benzene rings is 1. The van der Waals surface area contributed by atoms with Crippen LogP contribution in [0, 0.1) is 16.0 Å². The van der Waals surface area contributed by atoms with Crippen molar-refractivity contribution in [1.29, 1.82) is 0 Å². The lowest BCUT2D eigenvalue weighted by atomic mass is 10.0. The zero-order valence-corrected chi connectivity index (χ0v) is 16.4. The van der Waals surface area contributed by atoms with Gasteiger partial charge in [0.1, 0.15) is 5.75 Å². The minimum absolute atomic E-state index is 0.0333. The highest BCUT2D eigenvalue weighted by Crippen LogP contribution is 2.34. The van der Waals surface area contributed by atoms with Crippen LogP contribution in [-0.2, 0) is 17.1 Å². The number of amidine groups is 1. The van der Waals surface area contributed by atoms with E-state index in [0.717, 1.165) is 18.4 Å². The summed E-state index contributed by atoms with van der Waals surface area (Å²) >= 11 is 1.38. The molecule has 1 aromatic rings. The first kappa shape index (κ1) is 20.5. The number of aliphatic imine (C=N–C) groups is 1. The van der Waals surface area contributed by atoms with E-state index in [1.807, 2.05) is 0 Å². The molecule has 0 aromatic heterocycles. The van der Waals surface area contributed by atoms with Crippen molar-refractivity contribution in [1.82, 2.24) is 0 Å². The van der Waals surface area contributed by atoms with E-state index in [0.29, 0.717) is 34.8 Å². The van der Waals surface area contributed by atoms with E-state index in [1.54, 1.807) is 0 Å². The molecule has 0 bridgehead atoms. The summed E-state index contributed by atoms with van der Waals surface area (Å²) in [6, 6.07) is 3.21. The molecule has 0 saturated carbocycles. The first-order valence-electron chi connectivity index (χ1n) is 8.83. The molecule has 1 heterocycles. The van der Waals surface area contributed by atoms with Gasteiger partial charge < -0.3 is 15.2 Å². The minimum atomic E-state index is -0.405. The van der Waals surface area contributed by atoms with Crippen LogP contribution < -0.4 is 10.5 Å². The molecule has 0 aliphatic carbocycles. The van der Waals surface area contributed by atoms with Crippen molar-refractivity contribution >= 4 is 22.6 Å². The number of nitro groups is 1. The maximum Gasteiger partial charge on any atom is 0.270 e. The van der Waals surface area contributed by atoms with Gasteiger partial charge in [-0.05, 0) is 19.3 Å². The number of hydrogen-bond donors (Lipinski definition) is 1. The molecule has 0 radical (unpaired) electrons. The Labute approximate surface area is 158 Å². The average molecular weight is 381 g/mol. The molecule has 1 atom stereocenters. The van der Waals surface area contributed by atoms with E-state index in [4.69, 9.17) is 15.2 Å². The maximum atomic E-state index is 11.1. The van der Waals surface area contributed by atoms with Crippen LogP contribution in [0.25, 0.3) is 0 Å². The number of nitrogens with zero attached hydrogens (tertiary/aromatic N) is 2. The predicted molar refractivity (Wildman–Crippen MR) is 104 cm³/mol. The summed E-state index contributed by atoms with van der Waals surface area (Å²) in [7, 11) is 0. The molecular formula is C18H27N3O4S. The highest BCUT2D eigenvalue weighted by Gasteiger charge is 2.21. The van der Waals surface area contributed by atoms with Gasteiger partial charge in [0.15, 0.2) is 12.0 Å². The predicted octanol–water partition coefficient (Wildman–Crippen LogP) is 4.22. The number of non-ortho nitro benzene ring substituents is 1. The van der Waals surface area contributed by atoms with Gasteiger partial charge in [-0.2, -0.15) is 0 Å². The number of hydrogen-bond acceptors (Lipinski definition) is 6. The molecule has 0 spiro atoms. The Kier molecular flexibility index (Phi) is 7.71. The molecule has 144 valence electrons. The second-order valence-corrected chi connectivity index (χ2v) is 7.89. The number of thioether (sulfide) groups is 1. The molecule has 1 aliphatic heterocycles. The van der Waals surface area contributed by atoms with Crippen LogP contribution in [0.2, 0.25) is 0 Å². The molecule has 0 fully saturated rings. The number of nitro benzene ring substituents is 1. The molecular weight excluding hydrogens is 354 g/mol. The first-order valence-corrected chi connectivity index (χ1v) is 9.82. The summed E-state index contributed by atoms with van der Waals surface area (Å²) in [6.45, 7) is 6.95. The Bertz CT molecular complexity index is 664. The van der Waals surface area contributed by atoms with Crippen molar-refractivity contribution in [2.45, 2.75) is 58.4 Å². The van der Waals surface area contributed by atoms with Gasteiger partial charge >= 0.3 is 0 Å². The van der Waals surface area contributed by atoms with Crippen LogP contribution >= 0.6 is 11.8 Å². The second kappa shape index (κ2) is 9.78. The van der Waals surface area contributed by atoms with E-state index < -0.39 is 4.92 Å². The van der Waals surface area contributed by atoms with Crippen LogP contribution in [0.15, 0.2) is 17.1 Å². The summed E-state index contributed by atoms with van der Waals surface area (Å²) in [4.78, 5) is 15.3. The first-order chi connectivity index (χ1) is 12.4. The number of nitrogens with two attached hydrogens (primary N) is 1. The average Bonchev–Trinajstić information content (AvgIpc) is 2.58. The smallest absolute Gasteiger partial charge is 0.270 e. The van der Waals surface area contributed by atoms with Crippen LogP contribution in [0.4, 0.5) is 5.69 Å². The van der Waals surface area contributed by atoms with E-state index in [-0.39, 0.29) is 18.5 Å². The van der Waals surface area contributed by atoms with Crippen molar-refractivity contribution < 1.29 is 14.4 Å². The van der Waals surface area contributed by atoms with Gasteiger partial charge in [-0.1, -0.05) is 38.5 Å². The lowest BCUT2D eigenvalue weighted by Crippen LogP contribution is -2.15. The largest absolute Gasteiger partial charge is 0.467 e. The fraction of sp³-hybridized carbons (Fsp3) is 0.611. The molecule has 0 amide bonds. The molecule has 1 aromatic carbocycles. The van der Waals surface area contributed by atoms with Crippen LogP contribution in [0.1, 0.15) is 51.2 Å². The summed E-state index contributed by atoms with van der Waals surface area (Å²) in [5.41, 5.74) is 7.51. The van der Waals surface area contributed by atoms with E-state index in [2.05, 4.69) is 25.8 Å². The van der Waals surface area contributed by atoms with Gasteiger partial charge in [-0.15, -0.1) is 0 Å². The minimum Gasteiger partial charge on any atom is -0.467 e. The molecule has 0 saturated heterocycles. The van der Waals surface area contributed by atoms with Crippen molar-refractivity contribution in [3.05, 3.63) is 33.4 Å². The SMILES string of the molecule is CC(C)CCC[C@H](C)N=C(N)SCc1cc([N+](=O)[O-])cc2c1OCOC2. The zero-order chi connectivity index (χ0) is 19.1. The molecule has 2 rings (SSSR count). The number of rotatable bonds is 8. The molecule has 0 unspecified atom stereocenters. The Balaban J connectivity index is 2.00. The highest BCUT2D eigenvalue weighted by atomic mass is 32.2. The van der Waals surface area contributed by atoms with Crippen molar-refractivity contribution in [3.63, 3.8) is 0 Å². The third-order valence-electron chi connectivity index (χ3n) is 4.11. The summed E-state index contributed by atoms with van der Waals surface area (Å²) in [5.74, 6) is 1.83. The summed E-state index contributed by atoms with van der Waals surface area (Å²) < 4.78 is 10.8. The van der Waals surface area contributed by atoms with Crippen LogP contribution in [0.3, 0.4) is 0 Å². The van der Waals surface area contributed by atoms with Crippen molar-refractivity contribution in [2.24, 2.45) is 16.6 Å². The Morgan fingerprint density at radius 1 is 1.38 bits per heavy atom. The van der Waals surface area contributed by atoms with E-state index in [1.165, 1.54) is 30.3 Å². The van der Waals surface area contributed by atoms with Gasteiger partial charge in [-0.25, -0.2) is 0 Å². The second-order valence-electron chi connectivity index (χ2n) is 6.89. The molecule has 2 N–H and O–H groups in total. The Morgan fingerprint density at radius 2 is 2.15 bits per heavy atom. The third-order valence-corrected chi connectivity index (χ3v) is 4.97. The fourth-order valence-electron chi connectivity index (χ4n) is 2.79. The zero-order valence-electron chi connectivity index (χ0n) is 15.6. The molecule has 8 heteroatoms. The van der Waals surface area contributed by atoms with Gasteiger partial charge in [0.2, 0.25) is 0 Å². The van der Waals surface area contributed by atoms with Gasteiger partial charge in [0.05, 0.1) is 11.5 Å². The fourth-order valence-corrected chi connectivity index (χ4v) is 3.56. The Morgan fingerprint density at radius 3 is 2.85 bits per heavy atom. The standard InChI is InChI=1S/C18H27N3O4S/c1-12(2)5-4-6-13(3)20-18(19)26-10-15-8-16(21(22)23)7-14-9-24-11-25-17(14)15/h7-8,12-13H,4-6,9-11H2,1-3H3,(H2,19,20)/t13-/m0/s1. The van der Waals surface area contributed by atoms with Crippen LogP contribution in [0.5, 0.6) is 5.75 Å². The topological polar surface area (TPSA) is 100.0 Å². The Hall–Kier alpha value is -1.80. The van der Waals surface area contributed by atoms with Gasteiger partial charge in [0, 0.05) is 35.1 Å². The highest BCUT2D eigenvalue weighted by molar-refractivity contribution is 8.13. The quantitative estimate of drug-likeness (QED) is 0.313. The van der Waals surface area contributed by atoms with E-state index in [9.17, 15) is 10.1 Å². The maximum absolute atomic E-state index is 11.1. The molecule has 1 aliphatic rings. The number of ether oxygens (including phenoxy) is 2. The molecule has 7 nitrogen and oxygen atoms in total. The lowest BCUT2D eigenvalue weighted by molar-refractivity contribution is -0.385. The van der Waals surface area contributed by atoms with Gasteiger partial charge in [0.25, 0.3) is 5.69 Å². The number of fused-ring (bicyclic) bond motifs is 1. The van der Waals surface area contributed by atoms with Crippen molar-refractivity contribution in [2.75, 3.05) is 6.79 Å². The monoisotopic (exact) mass is 381 g/mol. The van der Waals surface area contributed by atoms with Crippen molar-refractivity contribution in [3.8, 4) is 5.75 Å². The summed E-state index contributed by atoms with van der Waals surface area (Å²) in [5, 5.41) is 11.6. The lowest BCUT2D eigenvalue weighted by Gasteiger charge is -2.20. The molecule has 26 heavy (non-hydrogen) atoms.